The van der Waals surface area contributed by atoms with Gasteiger partial charge in [0.2, 0.25) is 0 Å². The molecular formula is C14H23NO2. The Morgan fingerprint density at radius 3 is 2.06 bits per heavy atom. The summed E-state index contributed by atoms with van der Waals surface area (Å²) in [7, 11) is 0. The zero-order valence-corrected chi connectivity index (χ0v) is 11.0. The van der Waals surface area contributed by atoms with Gasteiger partial charge in [0.1, 0.15) is 0 Å². The Morgan fingerprint density at radius 2 is 1.65 bits per heavy atom. The summed E-state index contributed by atoms with van der Waals surface area (Å²) in [6.07, 6.45) is 0.699. The Kier molecular flexibility index (Phi) is 5.12. The van der Waals surface area contributed by atoms with Crippen molar-refractivity contribution in [1.82, 2.24) is 5.32 Å². The summed E-state index contributed by atoms with van der Waals surface area (Å²) in [6, 6.07) is 6.20. The number of aliphatic hydroxyl groups is 2. The van der Waals surface area contributed by atoms with Gasteiger partial charge in [-0.15, -0.1) is 0 Å². The highest BCUT2D eigenvalue weighted by atomic mass is 16.3. The predicted molar refractivity (Wildman–Crippen MR) is 69.9 cm³/mol. The molecule has 3 nitrogen and oxygen atoms in total. The first-order chi connectivity index (χ1) is 8.08. The fraction of sp³-hybridized carbons (Fsp3) is 0.571. The average molecular weight is 237 g/mol. The third kappa shape index (κ3) is 3.28. The quantitative estimate of drug-likeness (QED) is 0.703. The van der Waals surface area contributed by atoms with Crippen molar-refractivity contribution >= 4 is 0 Å². The lowest BCUT2D eigenvalue weighted by Gasteiger charge is -2.30. The van der Waals surface area contributed by atoms with Gasteiger partial charge in [0.25, 0.3) is 0 Å². The molecule has 0 bridgehead atoms. The van der Waals surface area contributed by atoms with Crippen LogP contribution >= 0.6 is 0 Å². The second kappa shape index (κ2) is 6.15. The van der Waals surface area contributed by atoms with Gasteiger partial charge in [0.05, 0.1) is 18.8 Å². The van der Waals surface area contributed by atoms with Crippen LogP contribution in [0, 0.1) is 13.8 Å². The molecule has 0 heterocycles. The highest BCUT2D eigenvalue weighted by Gasteiger charge is 2.25. The summed E-state index contributed by atoms with van der Waals surface area (Å²) in [6.45, 7) is 6.69. The van der Waals surface area contributed by atoms with Gasteiger partial charge >= 0.3 is 0 Å². The van der Waals surface area contributed by atoms with Gasteiger partial charge in [-0.3, -0.25) is 0 Å². The minimum Gasteiger partial charge on any atom is -0.394 e. The molecule has 0 atom stereocenters. The zero-order valence-electron chi connectivity index (χ0n) is 11.0. The minimum absolute atomic E-state index is 0.0507. The van der Waals surface area contributed by atoms with E-state index < -0.39 is 5.54 Å². The van der Waals surface area contributed by atoms with Gasteiger partial charge in [-0.05, 0) is 37.0 Å². The standard InChI is InChI=1S/C14H23NO2/c1-4-14(9-16,10-17)15-8-13-11(2)6-5-7-12(13)3/h5-7,15-17H,4,8-10H2,1-3H3. The summed E-state index contributed by atoms with van der Waals surface area (Å²) < 4.78 is 0. The molecule has 1 aromatic carbocycles. The van der Waals surface area contributed by atoms with Crippen molar-refractivity contribution < 1.29 is 10.2 Å². The van der Waals surface area contributed by atoms with E-state index in [0.29, 0.717) is 13.0 Å². The first-order valence-corrected chi connectivity index (χ1v) is 6.10. The van der Waals surface area contributed by atoms with E-state index in [1.54, 1.807) is 0 Å². The molecule has 0 unspecified atom stereocenters. The van der Waals surface area contributed by atoms with Crippen LogP contribution in [0.3, 0.4) is 0 Å². The smallest absolute Gasteiger partial charge is 0.0648 e. The van der Waals surface area contributed by atoms with Crippen LogP contribution in [0.1, 0.15) is 30.0 Å². The number of aliphatic hydroxyl groups excluding tert-OH is 2. The number of rotatable bonds is 6. The highest BCUT2D eigenvalue weighted by molar-refractivity contribution is 5.33. The molecule has 0 spiro atoms. The van der Waals surface area contributed by atoms with Crippen molar-refractivity contribution in [3.63, 3.8) is 0 Å². The van der Waals surface area contributed by atoms with Crippen molar-refractivity contribution in [2.24, 2.45) is 0 Å². The normalized spacial score (nSPS) is 11.8. The van der Waals surface area contributed by atoms with Crippen LogP contribution in [-0.4, -0.2) is 29.0 Å². The van der Waals surface area contributed by atoms with E-state index in [9.17, 15) is 10.2 Å². The van der Waals surface area contributed by atoms with Crippen LogP contribution < -0.4 is 5.32 Å². The number of nitrogens with one attached hydrogen (secondary N) is 1. The SMILES string of the molecule is CCC(CO)(CO)NCc1c(C)cccc1C. The lowest BCUT2D eigenvalue weighted by Crippen LogP contribution is -2.50. The van der Waals surface area contributed by atoms with Crippen LogP contribution in [-0.2, 0) is 6.54 Å². The molecular weight excluding hydrogens is 214 g/mol. The fourth-order valence-corrected chi connectivity index (χ4v) is 1.91. The highest BCUT2D eigenvalue weighted by Crippen LogP contribution is 2.16. The molecule has 3 N–H and O–H groups in total. The van der Waals surface area contributed by atoms with Gasteiger partial charge in [-0.2, -0.15) is 0 Å². The lowest BCUT2D eigenvalue weighted by atomic mass is 9.96. The predicted octanol–water partition coefficient (Wildman–Crippen LogP) is 1.53. The zero-order chi connectivity index (χ0) is 12.9. The van der Waals surface area contributed by atoms with Gasteiger partial charge in [-0.25, -0.2) is 0 Å². The first kappa shape index (κ1) is 14.2. The molecule has 0 aliphatic carbocycles. The van der Waals surface area contributed by atoms with E-state index in [2.05, 4.69) is 31.3 Å². The molecule has 3 heteroatoms. The lowest BCUT2D eigenvalue weighted by molar-refractivity contribution is 0.0863. The third-order valence-electron chi connectivity index (χ3n) is 3.57. The van der Waals surface area contributed by atoms with Gasteiger partial charge < -0.3 is 15.5 Å². The van der Waals surface area contributed by atoms with Crippen molar-refractivity contribution in [3.8, 4) is 0 Å². The van der Waals surface area contributed by atoms with Gasteiger partial charge in [0.15, 0.2) is 0 Å². The molecule has 0 fully saturated rings. The summed E-state index contributed by atoms with van der Waals surface area (Å²) in [5.74, 6) is 0. The van der Waals surface area contributed by atoms with Crippen LogP contribution in [0.25, 0.3) is 0 Å². The van der Waals surface area contributed by atoms with Crippen molar-refractivity contribution in [2.45, 2.75) is 39.3 Å². The molecule has 96 valence electrons. The van der Waals surface area contributed by atoms with E-state index >= 15 is 0 Å². The Bertz CT molecular complexity index is 331. The maximum atomic E-state index is 9.37. The molecule has 1 aromatic rings. The van der Waals surface area contributed by atoms with Crippen LogP contribution in [0.15, 0.2) is 18.2 Å². The Hall–Kier alpha value is -0.900. The monoisotopic (exact) mass is 237 g/mol. The van der Waals surface area contributed by atoms with Gasteiger partial charge in [0, 0.05) is 6.54 Å². The first-order valence-electron chi connectivity index (χ1n) is 6.10. The number of hydrogen-bond acceptors (Lipinski definition) is 3. The number of aryl methyl sites for hydroxylation is 2. The van der Waals surface area contributed by atoms with Crippen LogP contribution in [0.4, 0.5) is 0 Å². The van der Waals surface area contributed by atoms with E-state index in [4.69, 9.17) is 0 Å². The fourth-order valence-electron chi connectivity index (χ4n) is 1.91. The van der Waals surface area contributed by atoms with E-state index in [0.717, 1.165) is 0 Å². The molecule has 1 rings (SSSR count). The summed E-state index contributed by atoms with van der Waals surface area (Å²) in [5, 5.41) is 22.0. The Balaban J connectivity index is 2.79. The third-order valence-corrected chi connectivity index (χ3v) is 3.57. The van der Waals surface area contributed by atoms with Crippen molar-refractivity contribution in [3.05, 3.63) is 34.9 Å². The Morgan fingerprint density at radius 1 is 1.12 bits per heavy atom. The van der Waals surface area contributed by atoms with Crippen molar-refractivity contribution in [2.75, 3.05) is 13.2 Å². The topological polar surface area (TPSA) is 52.5 Å². The molecule has 0 aromatic heterocycles. The molecule has 0 amide bonds. The average Bonchev–Trinajstić information content (AvgIpc) is 2.34. The molecule has 0 saturated carbocycles. The minimum atomic E-state index is -0.575. The van der Waals surface area contributed by atoms with Crippen molar-refractivity contribution in [1.29, 1.82) is 0 Å². The number of benzene rings is 1. The number of hydrogen-bond donors (Lipinski definition) is 3. The molecule has 0 radical (unpaired) electrons. The second-order valence-corrected chi connectivity index (χ2v) is 4.67. The summed E-state index contributed by atoms with van der Waals surface area (Å²) in [4.78, 5) is 0. The largest absolute Gasteiger partial charge is 0.394 e. The van der Waals surface area contributed by atoms with Crippen LogP contribution in [0.5, 0.6) is 0 Å². The molecule has 0 aliphatic heterocycles. The Labute approximate surface area is 103 Å². The molecule has 0 aliphatic rings. The molecule has 17 heavy (non-hydrogen) atoms. The maximum absolute atomic E-state index is 9.37. The maximum Gasteiger partial charge on any atom is 0.0648 e. The van der Waals surface area contributed by atoms with Crippen LogP contribution in [0.2, 0.25) is 0 Å². The summed E-state index contributed by atoms with van der Waals surface area (Å²) >= 11 is 0. The second-order valence-electron chi connectivity index (χ2n) is 4.67. The van der Waals surface area contributed by atoms with Gasteiger partial charge in [-0.1, -0.05) is 25.1 Å². The summed E-state index contributed by atoms with van der Waals surface area (Å²) in [5.41, 5.74) is 3.14. The van der Waals surface area contributed by atoms with E-state index in [1.165, 1.54) is 16.7 Å². The van der Waals surface area contributed by atoms with E-state index in [1.807, 2.05) is 13.0 Å². The molecule has 0 saturated heterocycles. The van der Waals surface area contributed by atoms with E-state index in [-0.39, 0.29) is 13.2 Å².